The Labute approximate surface area is 104 Å². The van der Waals surface area contributed by atoms with E-state index >= 15 is 0 Å². The molecule has 1 aromatic heterocycles. The van der Waals surface area contributed by atoms with E-state index in [1.54, 1.807) is 6.20 Å². The molecule has 1 aliphatic rings. The van der Waals surface area contributed by atoms with Crippen molar-refractivity contribution in [2.24, 2.45) is 0 Å². The van der Waals surface area contributed by atoms with Gasteiger partial charge in [-0.2, -0.15) is 0 Å². The van der Waals surface area contributed by atoms with E-state index in [1.807, 2.05) is 4.90 Å². The summed E-state index contributed by atoms with van der Waals surface area (Å²) in [5.74, 6) is 0.0124. The number of methoxy groups -OCH3 is 1. The van der Waals surface area contributed by atoms with E-state index in [9.17, 15) is 9.90 Å². The highest BCUT2D eigenvalue weighted by Gasteiger charge is 2.24. The molecule has 2 rings (SSSR count). The van der Waals surface area contributed by atoms with Gasteiger partial charge >= 0.3 is 5.97 Å². The Morgan fingerprint density at radius 1 is 1.67 bits per heavy atom. The fourth-order valence-electron chi connectivity index (χ4n) is 1.80. The lowest BCUT2D eigenvalue weighted by Gasteiger charge is -2.35. The van der Waals surface area contributed by atoms with E-state index < -0.39 is 5.97 Å². The average Bonchev–Trinajstić information content (AvgIpc) is 2.46. The minimum Gasteiger partial charge on any atom is -0.464 e. The van der Waals surface area contributed by atoms with Gasteiger partial charge in [-0.3, -0.25) is 4.98 Å². The summed E-state index contributed by atoms with van der Waals surface area (Å²) in [5.41, 5.74) is 0.151. The van der Waals surface area contributed by atoms with E-state index in [-0.39, 0.29) is 18.3 Å². The third-order valence-electron chi connectivity index (χ3n) is 2.75. The molecule has 0 saturated carbocycles. The van der Waals surface area contributed by atoms with E-state index in [0.717, 1.165) is 0 Å². The molecule has 98 valence electrons. The number of hydrogen-bond donors (Lipinski definition) is 1. The van der Waals surface area contributed by atoms with Crippen LogP contribution in [0.4, 0.5) is 5.82 Å². The number of ether oxygens (including phenoxy) is 2. The third-order valence-corrected chi connectivity index (χ3v) is 2.75. The van der Waals surface area contributed by atoms with Crippen LogP contribution in [-0.4, -0.2) is 60.6 Å². The molecular weight excluding hydrogens is 238 g/mol. The Balaban J connectivity index is 2.23. The smallest absolute Gasteiger partial charge is 0.358 e. The molecule has 1 saturated heterocycles. The number of morpholine rings is 1. The zero-order chi connectivity index (χ0) is 13.0. The maximum atomic E-state index is 11.4. The van der Waals surface area contributed by atoms with Crippen molar-refractivity contribution >= 4 is 11.8 Å². The summed E-state index contributed by atoms with van der Waals surface area (Å²) in [4.78, 5) is 21.4. The normalized spacial score (nSPS) is 19.7. The molecule has 0 aliphatic carbocycles. The summed E-state index contributed by atoms with van der Waals surface area (Å²) in [5, 5.41) is 9.29. The van der Waals surface area contributed by atoms with Gasteiger partial charge in [0, 0.05) is 6.54 Å². The maximum absolute atomic E-state index is 11.4. The quantitative estimate of drug-likeness (QED) is 0.724. The number of hydrogen-bond acceptors (Lipinski definition) is 7. The molecule has 1 aliphatic heterocycles. The van der Waals surface area contributed by atoms with Crippen LogP contribution in [0.25, 0.3) is 0 Å². The number of carbonyl (C=O) groups excluding carboxylic acids is 1. The minimum atomic E-state index is -0.529. The van der Waals surface area contributed by atoms with Crippen molar-refractivity contribution in [3.05, 3.63) is 18.1 Å². The van der Waals surface area contributed by atoms with Crippen LogP contribution >= 0.6 is 0 Å². The molecule has 1 aromatic rings. The van der Waals surface area contributed by atoms with Gasteiger partial charge in [-0.15, -0.1) is 0 Å². The highest BCUT2D eigenvalue weighted by atomic mass is 16.5. The molecular formula is C11H15N3O4. The Hall–Kier alpha value is -1.73. The Morgan fingerprint density at radius 3 is 3.22 bits per heavy atom. The van der Waals surface area contributed by atoms with Crippen molar-refractivity contribution < 1.29 is 19.4 Å². The molecule has 2 heterocycles. The summed E-state index contributed by atoms with van der Waals surface area (Å²) in [6, 6.07) is -0.166. The molecule has 0 radical (unpaired) electrons. The summed E-state index contributed by atoms with van der Waals surface area (Å²) >= 11 is 0. The zero-order valence-electron chi connectivity index (χ0n) is 10.1. The molecule has 1 fully saturated rings. The van der Waals surface area contributed by atoms with Crippen LogP contribution in [0.5, 0.6) is 0 Å². The largest absolute Gasteiger partial charge is 0.464 e. The monoisotopic (exact) mass is 253 g/mol. The highest BCUT2D eigenvalue weighted by molar-refractivity contribution is 5.87. The number of esters is 1. The number of anilines is 1. The lowest BCUT2D eigenvalue weighted by Crippen LogP contribution is -2.48. The van der Waals surface area contributed by atoms with Crippen molar-refractivity contribution in [3.8, 4) is 0 Å². The first-order valence-corrected chi connectivity index (χ1v) is 5.62. The second-order valence-corrected chi connectivity index (χ2v) is 3.86. The third kappa shape index (κ3) is 2.57. The van der Waals surface area contributed by atoms with E-state index in [0.29, 0.717) is 25.6 Å². The van der Waals surface area contributed by atoms with Crippen molar-refractivity contribution in [2.75, 3.05) is 38.4 Å². The molecule has 18 heavy (non-hydrogen) atoms. The van der Waals surface area contributed by atoms with Crippen LogP contribution in [0.1, 0.15) is 10.5 Å². The number of aliphatic hydroxyl groups is 1. The average molecular weight is 253 g/mol. The first kappa shape index (κ1) is 12.7. The van der Waals surface area contributed by atoms with Gasteiger partial charge in [-0.1, -0.05) is 0 Å². The van der Waals surface area contributed by atoms with Gasteiger partial charge in [-0.05, 0) is 0 Å². The first-order chi connectivity index (χ1) is 8.76. The molecule has 7 nitrogen and oxygen atoms in total. The lowest BCUT2D eigenvalue weighted by molar-refractivity contribution is 0.0593. The van der Waals surface area contributed by atoms with Crippen LogP contribution < -0.4 is 4.90 Å². The second-order valence-electron chi connectivity index (χ2n) is 3.86. The van der Waals surface area contributed by atoms with E-state index in [2.05, 4.69) is 14.7 Å². The molecule has 0 aromatic carbocycles. The van der Waals surface area contributed by atoms with Crippen LogP contribution in [0, 0.1) is 0 Å². The molecule has 7 heteroatoms. The van der Waals surface area contributed by atoms with Crippen LogP contribution in [0.2, 0.25) is 0 Å². The maximum Gasteiger partial charge on any atom is 0.358 e. The van der Waals surface area contributed by atoms with Gasteiger partial charge in [0.2, 0.25) is 0 Å². The minimum absolute atomic E-state index is 0.0376. The number of nitrogens with zero attached hydrogens (tertiary/aromatic N) is 3. The predicted molar refractivity (Wildman–Crippen MR) is 62.4 cm³/mol. The Morgan fingerprint density at radius 2 is 2.50 bits per heavy atom. The zero-order valence-corrected chi connectivity index (χ0v) is 10.1. The lowest BCUT2D eigenvalue weighted by atomic mass is 10.2. The SMILES string of the molecule is COC(=O)c1cncc(N2CCOCC2CO)n1. The predicted octanol–water partition coefficient (Wildman–Crippen LogP) is -0.539. The van der Waals surface area contributed by atoms with Crippen molar-refractivity contribution in [3.63, 3.8) is 0 Å². The van der Waals surface area contributed by atoms with Crippen molar-refractivity contribution in [1.82, 2.24) is 9.97 Å². The second kappa shape index (κ2) is 5.74. The van der Waals surface area contributed by atoms with Crippen LogP contribution in [-0.2, 0) is 9.47 Å². The van der Waals surface area contributed by atoms with E-state index in [1.165, 1.54) is 13.3 Å². The molecule has 1 atom stereocenters. The van der Waals surface area contributed by atoms with Crippen molar-refractivity contribution in [1.29, 1.82) is 0 Å². The van der Waals surface area contributed by atoms with Gasteiger partial charge in [-0.25, -0.2) is 9.78 Å². The molecule has 1 N–H and O–H groups in total. The van der Waals surface area contributed by atoms with Crippen LogP contribution in [0.3, 0.4) is 0 Å². The number of aliphatic hydroxyl groups excluding tert-OH is 1. The summed E-state index contributed by atoms with van der Waals surface area (Å²) in [6.45, 7) is 1.55. The topological polar surface area (TPSA) is 84.8 Å². The van der Waals surface area contributed by atoms with E-state index in [4.69, 9.17) is 4.74 Å². The van der Waals surface area contributed by atoms with Gasteiger partial charge in [0.1, 0.15) is 5.82 Å². The molecule has 0 amide bonds. The fourth-order valence-corrected chi connectivity index (χ4v) is 1.80. The van der Waals surface area contributed by atoms with Gasteiger partial charge in [0.15, 0.2) is 5.69 Å². The standard InChI is InChI=1S/C11H15N3O4/c1-17-11(16)9-4-12-5-10(13-9)14-2-3-18-7-8(14)6-15/h4-5,8,15H,2-3,6-7H2,1H3. The number of rotatable bonds is 3. The number of aromatic nitrogens is 2. The van der Waals surface area contributed by atoms with Gasteiger partial charge < -0.3 is 19.5 Å². The van der Waals surface area contributed by atoms with Crippen molar-refractivity contribution in [2.45, 2.75) is 6.04 Å². The van der Waals surface area contributed by atoms with Crippen LogP contribution in [0.15, 0.2) is 12.4 Å². The molecule has 0 bridgehead atoms. The Kier molecular flexibility index (Phi) is 4.06. The number of carbonyl (C=O) groups is 1. The fraction of sp³-hybridized carbons (Fsp3) is 0.545. The first-order valence-electron chi connectivity index (χ1n) is 5.62. The molecule has 0 spiro atoms. The summed E-state index contributed by atoms with van der Waals surface area (Å²) < 4.78 is 9.88. The summed E-state index contributed by atoms with van der Waals surface area (Å²) in [6.07, 6.45) is 2.91. The highest BCUT2D eigenvalue weighted by Crippen LogP contribution is 2.16. The Bertz CT molecular complexity index is 427. The van der Waals surface area contributed by atoms with Gasteiger partial charge in [0.05, 0.1) is 45.4 Å². The molecule has 1 unspecified atom stereocenters. The summed E-state index contributed by atoms with van der Waals surface area (Å²) in [7, 11) is 1.29. The van der Waals surface area contributed by atoms with Gasteiger partial charge in [0.25, 0.3) is 0 Å².